The Labute approximate surface area is 180 Å². The number of carbonyl (C=O) groups is 1. The Morgan fingerprint density at radius 3 is 2.43 bits per heavy atom. The molecule has 1 N–H and O–H groups in total. The van der Waals surface area contributed by atoms with E-state index < -0.39 is 5.97 Å². The van der Waals surface area contributed by atoms with Crippen LogP contribution in [-0.4, -0.2) is 27.2 Å². The molecule has 6 nitrogen and oxygen atoms in total. The third-order valence-corrected chi connectivity index (χ3v) is 4.35. The van der Waals surface area contributed by atoms with E-state index in [0.29, 0.717) is 16.5 Å². The number of hydrogen-bond acceptors (Lipinski definition) is 5. The Morgan fingerprint density at radius 2 is 1.77 bits per heavy atom. The van der Waals surface area contributed by atoms with E-state index in [4.69, 9.17) is 16.3 Å². The fourth-order valence-corrected chi connectivity index (χ4v) is 2.93. The van der Waals surface area contributed by atoms with Crippen molar-refractivity contribution in [2.75, 3.05) is 11.9 Å². The van der Waals surface area contributed by atoms with Crippen molar-refractivity contribution in [2.45, 2.75) is 20.8 Å². The number of anilines is 2. The lowest BCUT2D eigenvalue weighted by Gasteiger charge is -2.10. The van der Waals surface area contributed by atoms with E-state index in [1.165, 1.54) is 0 Å². The Morgan fingerprint density at radius 1 is 1.07 bits per heavy atom. The van der Waals surface area contributed by atoms with Gasteiger partial charge in [0.25, 0.3) is 0 Å². The van der Waals surface area contributed by atoms with Gasteiger partial charge in [-0.3, -0.25) is 0 Å². The van der Waals surface area contributed by atoms with Gasteiger partial charge in [0.2, 0.25) is 0 Å². The highest BCUT2D eigenvalue weighted by Crippen LogP contribution is 2.26. The number of nitrogens with one attached hydrogen (secondary N) is 1. The summed E-state index contributed by atoms with van der Waals surface area (Å²) in [6.45, 7) is 6.04. The van der Waals surface area contributed by atoms with Gasteiger partial charge in [0.15, 0.2) is 11.3 Å². The second-order valence-electron chi connectivity index (χ2n) is 6.04. The minimum atomic E-state index is -0.480. The number of nitrogens with zero attached hydrogens (tertiary/aromatic N) is 3. The van der Waals surface area contributed by atoms with Crippen molar-refractivity contribution in [2.24, 2.45) is 0 Å². The number of benzene rings is 2. The Hall–Kier alpha value is -3.38. The number of carbonyl (C=O) groups excluding carboxylic acids is 1. The van der Waals surface area contributed by atoms with Crippen LogP contribution in [0.2, 0.25) is 5.02 Å². The third-order valence-electron chi connectivity index (χ3n) is 4.10. The largest absolute Gasteiger partial charge is 0.461 e. The maximum atomic E-state index is 12.1. The van der Waals surface area contributed by atoms with Gasteiger partial charge in [-0.15, -0.1) is 0 Å². The molecule has 0 aliphatic heterocycles. The van der Waals surface area contributed by atoms with Gasteiger partial charge < -0.3 is 10.1 Å². The zero-order valence-electron chi connectivity index (χ0n) is 17.1. The summed E-state index contributed by atoms with van der Waals surface area (Å²) in [5.74, 6) is 0.198. The van der Waals surface area contributed by atoms with E-state index >= 15 is 0 Å². The summed E-state index contributed by atoms with van der Waals surface area (Å²) in [5.41, 5.74) is 3.28. The van der Waals surface area contributed by atoms with Crippen molar-refractivity contribution in [1.82, 2.24) is 14.6 Å². The minimum Gasteiger partial charge on any atom is -0.461 e. The van der Waals surface area contributed by atoms with Crippen LogP contribution in [0.3, 0.4) is 0 Å². The summed E-state index contributed by atoms with van der Waals surface area (Å²) in [6, 6.07) is 20.6. The topological polar surface area (TPSA) is 68.5 Å². The van der Waals surface area contributed by atoms with Gasteiger partial charge in [-0.25, -0.2) is 9.78 Å². The van der Waals surface area contributed by atoms with Crippen LogP contribution in [0.15, 0.2) is 66.7 Å². The maximum Gasteiger partial charge on any atom is 0.358 e. The smallest absolute Gasteiger partial charge is 0.358 e. The number of hydrogen-bond donors (Lipinski definition) is 1. The lowest BCUT2D eigenvalue weighted by atomic mass is 10.1. The zero-order chi connectivity index (χ0) is 21.5. The van der Waals surface area contributed by atoms with Crippen LogP contribution < -0.4 is 5.32 Å². The number of rotatable bonds is 5. The molecular weight excluding hydrogens is 400 g/mol. The predicted molar refractivity (Wildman–Crippen MR) is 120 cm³/mol. The summed E-state index contributed by atoms with van der Waals surface area (Å²) in [5, 5.41) is 8.36. The van der Waals surface area contributed by atoms with Gasteiger partial charge in [-0.2, -0.15) is 9.61 Å². The van der Waals surface area contributed by atoms with Crippen molar-refractivity contribution in [1.29, 1.82) is 0 Å². The SMILES string of the molecule is CC.CCOC(=O)c1cc2nc(-c3ccc(Cl)cc3)cc(Nc3ccccc3)n2n1. The quantitative estimate of drug-likeness (QED) is 0.399. The number of aromatic nitrogens is 3. The van der Waals surface area contributed by atoms with Gasteiger partial charge in [0.1, 0.15) is 5.82 Å². The van der Waals surface area contributed by atoms with Crippen LogP contribution in [0.25, 0.3) is 16.9 Å². The lowest BCUT2D eigenvalue weighted by Crippen LogP contribution is -2.06. The Bertz CT molecular complexity index is 1130. The number of fused-ring (bicyclic) bond motifs is 1. The molecule has 0 bridgehead atoms. The Balaban J connectivity index is 0.00000124. The molecule has 0 saturated carbocycles. The van der Waals surface area contributed by atoms with E-state index in [9.17, 15) is 4.79 Å². The first-order valence-corrected chi connectivity index (χ1v) is 10.2. The molecule has 0 atom stereocenters. The average molecular weight is 423 g/mol. The molecule has 0 amide bonds. The summed E-state index contributed by atoms with van der Waals surface area (Å²) in [4.78, 5) is 16.8. The van der Waals surface area contributed by atoms with Crippen LogP contribution in [0, 0.1) is 0 Å². The van der Waals surface area contributed by atoms with Crippen LogP contribution in [0.1, 0.15) is 31.3 Å². The highest BCUT2D eigenvalue weighted by atomic mass is 35.5. The summed E-state index contributed by atoms with van der Waals surface area (Å²) < 4.78 is 6.66. The highest BCUT2D eigenvalue weighted by molar-refractivity contribution is 6.30. The highest BCUT2D eigenvalue weighted by Gasteiger charge is 2.16. The maximum absolute atomic E-state index is 12.1. The van der Waals surface area contributed by atoms with E-state index in [1.807, 2.05) is 74.5 Å². The number of ether oxygens (including phenoxy) is 1. The number of esters is 1. The fourth-order valence-electron chi connectivity index (χ4n) is 2.81. The molecule has 0 aliphatic carbocycles. The fraction of sp³-hybridized carbons (Fsp3) is 0.174. The summed E-state index contributed by atoms with van der Waals surface area (Å²) in [6.07, 6.45) is 0. The molecule has 4 aromatic rings. The van der Waals surface area contributed by atoms with Gasteiger partial charge >= 0.3 is 5.97 Å². The first-order chi connectivity index (χ1) is 14.6. The summed E-state index contributed by atoms with van der Waals surface area (Å²) in [7, 11) is 0. The molecule has 0 spiro atoms. The minimum absolute atomic E-state index is 0.207. The molecule has 2 aromatic carbocycles. The molecule has 0 radical (unpaired) electrons. The van der Waals surface area contributed by atoms with Crippen LogP contribution in [0.4, 0.5) is 11.5 Å². The molecule has 2 heterocycles. The molecule has 4 rings (SSSR count). The molecule has 0 unspecified atom stereocenters. The first kappa shape index (κ1) is 21.3. The predicted octanol–water partition coefficient (Wildman–Crippen LogP) is 6.00. The molecular formula is C23H23ClN4O2. The standard InChI is InChI=1S/C21H17ClN4O2.C2H6/c1-2-28-21(27)18-13-20-24-17(14-8-10-15(22)11-9-14)12-19(26(20)25-18)23-16-6-4-3-5-7-16;1-2/h3-13,23H,2H2,1H3;1-2H3. The second kappa shape index (κ2) is 9.89. The van der Waals surface area contributed by atoms with Crippen LogP contribution in [-0.2, 0) is 4.74 Å². The third kappa shape index (κ3) is 4.78. The van der Waals surface area contributed by atoms with E-state index in [1.54, 1.807) is 17.5 Å². The monoisotopic (exact) mass is 422 g/mol. The van der Waals surface area contributed by atoms with Crippen molar-refractivity contribution in [3.63, 3.8) is 0 Å². The van der Waals surface area contributed by atoms with Crippen molar-refractivity contribution >= 4 is 34.7 Å². The molecule has 154 valence electrons. The van der Waals surface area contributed by atoms with Crippen molar-refractivity contribution in [3.05, 3.63) is 77.4 Å². The first-order valence-electron chi connectivity index (χ1n) is 9.80. The van der Waals surface area contributed by atoms with Crippen molar-refractivity contribution in [3.8, 4) is 11.3 Å². The number of halogens is 1. The second-order valence-corrected chi connectivity index (χ2v) is 6.48. The van der Waals surface area contributed by atoms with E-state index in [2.05, 4.69) is 15.4 Å². The molecule has 30 heavy (non-hydrogen) atoms. The normalized spacial score (nSPS) is 10.3. The van der Waals surface area contributed by atoms with E-state index in [-0.39, 0.29) is 12.3 Å². The average Bonchev–Trinajstić information content (AvgIpc) is 3.21. The van der Waals surface area contributed by atoms with Gasteiger partial charge in [-0.05, 0) is 31.2 Å². The molecule has 0 saturated heterocycles. The zero-order valence-corrected chi connectivity index (χ0v) is 17.8. The van der Waals surface area contributed by atoms with E-state index in [0.717, 1.165) is 16.9 Å². The lowest BCUT2D eigenvalue weighted by molar-refractivity contribution is 0.0519. The van der Waals surface area contributed by atoms with Crippen molar-refractivity contribution < 1.29 is 9.53 Å². The molecule has 7 heteroatoms. The Kier molecular flexibility index (Phi) is 7.03. The molecule has 0 fully saturated rings. The molecule has 0 aliphatic rings. The van der Waals surface area contributed by atoms with Crippen LogP contribution in [0.5, 0.6) is 0 Å². The summed E-state index contributed by atoms with van der Waals surface area (Å²) >= 11 is 6.00. The van der Waals surface area contributed by atoms with Gasteiger partial charge in [0, 0.05) is 28.4 Å². The number of para-hydroxylation sites is 1. The van der Waals surface area contributed by atoms with Gasteiger partial charge in [-0.1, -0.05) is 55.8 Å². The van der Waals surface area contributed by atoms with Crippen LogP contribution >= 0.6 is 11.6 Å². The molecule has 2 aromatic heterocycles. The van der Waals surface area contributed by atoms with Gasteiger partial charge in [0.05, 0.1) is 12.3 Å².